The molecule has 1 N–H and O–H groups in total. The highest BCUT2D eigenvalue weighted by molar-refractivity contribution is 9.10. The second kappa shape index (κ2) is 7.39. The van der Waals surface area contributed by atoms with Gasteiger partial charge in [-0.25, -0.2) is 0 Å². The molecule has 0 atom stereocenters. The van der Waals surface area contributed by atoms with Gasteiger partial charge < -0.3 is 9.88 Å². The van der Waals surface area contributed by atoms with Crippen LogP contribution in [-0.4, -0.2) is 31.3 Å². The average molecular weight is 440 g/mol. The molecule has 0 spiro atoms. The lowest BCUT2D eigenvalue weighted by atomic mass is 10.3. The molecule has 8 nitrogen and oxygen atoms in total. The molecule has 1 heterocycles. The molecule has 0 aliphatic heterocycles. The maximum absolute atomic E-state index is 12.6. The number of benzene rings is 1. The highest BCUT2D eigenvalue weighted by atomic mass is 79.9. The van der Waals surface area contributed by atoms with Crippen molar-refractivity contribution in [2.45, 2.75) is 11.3 Å². The number of nitro benzene ring substituents is 1. The molecule has 1 aromatic carbocycles. The van der Waals surface area contributed by atoms with Crippen LogP contribution < -0.4 is 5.32 Å². The van der Waals surface area contributed by atoms with E-state index >= 15 is 0 Å². The van der Waals surface area contributed by atoms with Crippen LogP contribution in [0.2, 0.25) is 0 Å². The van der Waals surface area contributed by atoms with E-state index in [2.05, 4.69) is 31.4 Å². The average Bonchev–Trinajstić information content (AvgIpc) is 2.88. The Hall–Kier alpha value is -2.15. The number of rotatable bonds is 5. The van der Waals surface area contributed by atoms with Crippen LogP contribution in [0.4, 0.5) is 24.5 Å². The SMILES string of the molecule is Cn1c(SCC(=O)Nc2ccc([N+](=O)[O-])cc2Br)nnc1C(F)(F)F. The minimum absolute atomic E-state index is 0.0646. The summed E-state index contributed by atoms with van der Waals surface area (Å²) in [6, 6.07) is 3.78. The fraction of sp³-hybridized carbons (Fsp3) is 0.250. The lowest BCUT2D eigenvalue weighted by Gasteiger charge is -2.08. The van der Waals surface area contributed by atoms with Crippen molar-refractivity contribution in [2.24, 2.45) is 7.05 Å². The van der Waals surface area contributed by atoms with Gasteiger partial charge in [-0.15, -0.1) is 10.2 Å². The molecule has 0 bridgehead atoms. The van der Waals surface area contributed by atoms with E-state index in [-0.39, 0.29) is 16.6 Å². The number of hydrogen-bond acceptors (Lipinski definition) is 6. The zero-order chi connectivity index (χ0) is 18.8. The van der Waals surface area contributed by atoms with Crippen molar-refractivity contribution in [3.8, 4) is 0 Å². The van der Waals surface area contributed by atoms with Gasteiger partial charge in [-0.1, -0.05) is 11.8 Å². The Morgan fingerprint density at radius 1 is 1.44 bits per heavy atom. The molecule has 0 aliphatic carbocycles. The van der Waals surface area contributed by atoms with Gasteiger partial charge in [-0.05, 0) is 22.0 Å². The van der Waals surface area contributed by atoms with Crippen LogP contribution >= 0.6 is 27.7 Å². The number of nitrogens with zero attached hydrogens (tertiary/aromatic N) is 4. The third kappa shape index (κ3) is 4.69. The monoisotopic (exact) mass is 439 g/mol. The first kappa shape index (κ1) is 19.2. The molecule has 0 radical (unpaired) electrons. The Morgan fingerprint density at radius 3 is 2.64 bits per heavy atom. The highest BCUT2D eigenvalue weighted by Gasteiger charge is 2.37. The topological polar surface area (TPSA) is 103 Å². The molecule has 2 aromatic rings. The number of non-ortho nitro benzene ring substituents is 1. The van der Waals surface area contributed by atoms with Gasteiger partial charge in [-0.2, -0.15) is 13.2 Å². The Kier molecular flexibility index (Phi) is 5.67. The van der Waals surface area contributed by atoms with E-state index in [0.717, 1.165) is 23.4 Å². The molecule has 13 heteroatoms. The molecule has 1 amide bonds. The van der Waals surface area contributed by atoms with Crippen LogP contribution in [0.3, 0.4) is 0 Å². The minimum Gasteiger partial charge on any atom is -0.324 e. The number of amides is 1. The molecule has 0 saturated carbocycles. The predicted molar refractivity (Wildman–Crippen MR) is 86.2 cm³/mol. The molecular formula is C12H9BrF3N5O3S. The summed E-state index contributed by atoms with van der Waals surface area (Å²) >= 11 is 3.88. The van der Waals surface area contributed by atoms with E-state index in [1.165, 1.54) is 18.2 Å². The quantitative estimate of drug-likeness (QED) is 0.435. The number of halogens is 4. The first-order chi connectivity index (χ1) is 11.6. The van der Waals surface area contributed by atoms with E-state index in [1.807, 2.05) is 0 Å². The van der Waals surface area contributed by atoms with Gasteiger partial charge in [-0.3, -0.25) is 14.9 Å². The summed E-state index contributed by atoms with van der Waals surface area (Å²) < 4.78 is 38.9. The smallest absolute Gasteiger partial charge is 0.324 e. The maximum Gasteiger partial charge on any atom is 0.451 e. The molecule has 134 valence electrons. The van der Waals surface area contributed by atoms with Crippen LogP contribution in [0.1, 0.15) is 5.82 Å². The van der Waals surface area contributed by atoms with Gasteiger partial charge in [0.1, 0.15) is 0 Å². The normalized spacial score (nSPS) is 11.4. The molecule has 2 rings (SSSR count). The second-order valence-corrected chi connectivity index (χ2v) is 6.42. The van der Waals surface area contributed by atoms with Crippen molar-refractivity contribution in [2.75, 3.05) is 11.1 Å². The molecule has 0 saturated heterocycles. The Bertz CT molecular complexity index is 827. The van der Waals surface area contributed by atoms with Crippen LogP contribution in [-0.2, 0) is 18.0 Å². The van der Waals surface area contributed by atoms with Crippen LogP contribution in [0.25, 0.3) is 0 Å². The van der Waals surface area contributed by atoms with E-state index in [4.69, 9.17) is 0 Å². The summed E-state index contributed by atoms with van der Waals surface area (Å²) in [7, 11) is 1.15. The number of carbonyl (C=O) groups excluding carboxylic acids is 1. The molecule has 1 aromatic heterocycles. The first-order valence-electron chi connectivity index (χ1n) is 6.42. The summed E-state index contributed by atoms with van der Waals surface area (Å²) in [5.41, 5.74) is 0.142. The molecular weight excluding hydrogens is 431 g/mol. The van der Waals surface area contributed by atoms with Crippen LogP contribution in [0.5, 0.6) is 0 Å². The van der Waals surface area contributed by atoms with E-state index in [9.17, 15) is 28.1 Å². The van der Waals surface area contributed by atoms with Gasteiger partial charge in [0.2, 0.25) is 11.7 Å². The first-order valence-corrected chi connectivity index (χ1v) is 8.20. The van der Waals surface area contributed by atoms with Gasteiger partial charge in [0, 0.05) is 23.7 Å². The molecule has 25 heavy (non-hydrogen) atoms. The zero-order valence-electron chi connectivity index (χ0n) is 12.4. The number of nitro groups is 1. The standard InChI is InChI=1S/C12H9BrF3N5O3S/c1-20-10(12(14,15)16)18-19-11(20)25-5-9(22)17-8-3-2-6(21(23)24)4-7(8)13/h2-4H,5H2,1H3,(H,17,22). The van der Waals surface area contributed by atoms with Crippen LogP contribution in [0.15, 0.2) is 27.8 Å². The fourth-order valence-corrected chi connectivity index (χ4v) is 2.90. The third-order valence-electron chi connectivity index (χ3n) is 2.86. The Labute approximate surface area is 151 Å². The summed E-state index contributed by atoms with van der Waals surface area (Å²) in [5, 5.41) is 19.5. The van der Waals surface area contributed by atoms with Crippen molar-refractivity contribution in [1.29, 1.82) is 0 Å². The maximum atomic E-state index is 12.6. The van der Waals surface area contributed by atoms with Crippen molar-refractivity contribution >= 4 is 45.0 Å². The molecule has 0 unspecified atom stereocenters. The largest absolute Gasteiger partial charge is 0.451 e. The van der Waals surface area contributed by atoms with Crippen LogP contribution in [0, 0.1) is 10.1 Å². The fourth-order valence-electron chi connectivity index (χ4n) is 1.72. The lowest BCUT2D eigenvalue weighted by molar-refractivity contribution is -0.384. The van der Waals surface area contributed by atoms with Gasteiger partial charge in [0.15, 0.2) is 5.16 Å². The molecule has 0 aliphatic rings. The van der Waals surface area contributed by atoms with E-state index in [0.29, 0.717) is 10.2 Å². The summed E-state index contributed by atoms with van der Waals surface area (Å²) in [5.74, 6) is -1.89. The van der Waals surface area contributed by atoms with Crippen molar-refractivity contribution < 1.29 is 22.9 Å². The number of thioether (sulfide) groups is 1. The number of alkyl halides is 3. The Balaban J connectivity index is 2.00. The number of carbonyl (C=O) groups is 1. The number of hydrogen-bond donors (Lipinski definition) is 1. The predicted octanol–water partition coefficient (Wildman–Crippen LogP) is 3.24. The van der Waals surface area contributed by atoms with Crippen molar-refractivity contribution in [3.05, 3.63) is 38.6 Å². The van der Waals surface area contributed by atoms with E-state index in [1.54, 1.807) is 0 Å². The zero-order valence-corrected chi connectivity index (χ0v) is 14.8. The summed E-state index contributed by atoms with van der Waals surface area (Å²) in [6.07, 6.45) is -4.63. The van der Waals surface area contributed by atoms with Crippen molar-refractivity contribution in [3.63, 3.8) is 0 Å². The third-order valence-corrected chi connectivity index (χ3v) is 4.53. The minimum atomic E-state index is -4.63. The number of aromatic nitrogens is 3. The Morgan fingerprint density at radius 2 is 2.12 bits per heavy atom. The highest BCUT2D eigenvalue weighted by Crippen LogP contribution is 2.30. The molecule has 0 fully saturated rings. The number of nitrogens with one attached hydrogen (secondary N) is 1. The second-order valence-electron chi connectivity index (χ2n) is 4.62. The summed E-state index contributed by atoms with van der Waals surface area (Å²) in [6.45, 7) is 0. The summed E-state index contributed by atoms with van der Waals surface area (Å²) in [4.78, 5) is 22.0. The van der Waals surface area contributed by atoms with Gasteiger partial charge in [0.25, 0.3) is 5.69 Å². The van der Waals surface area contributed by atoms with Gasteiger partial charge in [0.05, 0.1) is 16.4 Å². The van der Waals surface area contributed by atoms with E-state index < -0.39 is 22.8 Å². The lowest BCUT2D eigenvalue weighted by Crippen LogP contribution is -2.16. The van der Waals surface area contributed by atoms with Crippen molar-refractivity contribution in [1.82, 2.24) is 14.8 Å². The number of anilines is 1. The van der Waals surface area contributed by atoms with Gasteiger partial charge >= 0.3 is 6.18 Å².